The van der Waals surface area contributed by atoms with Gasteiger partial charge in [0.1, 0.15) is 11.4 Å². The molecule has 2 aliphatic rings. The molecule has 0 aliphatic heterocycles. The molecule has 0 saturated heterocycles. The molecule has 0 spiro atoms. The maximum atomic E-state index is 11.7. The molecule has 0 bridgehead atoms. The molecule has 2 aliphatic carbocycles. The number of nitrogens with one attached hydrogen (secondary N) is 1. The summed E-state index contributed by atoms with van der Waals surface area (Å²) < 4.78 is 0. The molecule has 2 aromatic carbocycles. The average Bonchev–Trinajstić information content (AvgIpc) is 3.42. The first-order chi connectivity index (χ1) is 12.7. The van der Waals surface area contributed by atoms with Gasteiger partial charge in [0.05, 0.1) is 0 Å². The summed E-state index contributed by atoms with van der Waals surface area (Å²) in [6, 6.07) is 16.4. The Hall–Kier alpha value is -3.14. The third-order valence-electron chi connectivity index (χ3n) is 5.24. The molecule has 1 heterocycles. The molecule has 1 aromatic heterocycles. The molecule has 128 valence electrons. The second-order valence-corrected chi connectivity index (χ2v) is 7.08. The predicted molar refractivity (Wildman–Crippen MR) is 101 cm³/mol. The van der Waals surface area contributed by atoms with Crippen LogP contribution in [0.5, 0.6) is 0 Å². The number of hydrogen-bond donors (Lipinski definition) is 2. The molecule has 0 amide bonds. The van der Waals surface area contributed by atoms with Gasteiger partial charge in [-0.25, -0.2) is 9.78 Å². The van der Waals surface area contributed by atoms with E-state index in [9.17, 15) is 9.90 Å². The lowest BCUT2D eigenvalue weighted by Crippen LogP contribution is -2.06. The van der Waals surface area contributed by atoms with Crippen molar-refractivity contribution >= 4 is 17.5 Å². The van der Waals surface area contributed by atoms with Crippen LogP contribution in [-0.2, 0) is 6.42 Å². The maximum absolute atomic E-state index is 11.7. The quantitative estimate of drug-likeness (QED) is 0.549. The first kappa shape index (κ1) is 15.1. The maximum Gasteiger partial charge on any atom is 0.339 e. The van der Waals surface area contributed by atoms with Crippen LogP contribution >= 0.6 is 0 Å². The van der Waals surface area contributed by atoms with Gasteiger partial charge in [-0.05, 0) is 71.2 Å². The molecule has 0 radical (unpaired) electrons. The van der Waals surface area contributed by atoms with Crippen LogP contribution in [0.4, 0.5) is 11.5 Å². The number of nitrogens with zero attached hydrogens (tertiary/aromatic N) is 1. The van der Waals surface area contributed by atoms with Crippen molar-refractivity contribution in [1.29, 1.82) is 0 Å². The van der Waals surface area contributed by atoms with E-state index in [2.05, 4.69) is 46.7 Å². The van der Waals surface area contributed by atoms with Gasteiger partial charge in [0, 0.05) is 11.9 Å². The number of aromatic carboxylic acids is 1. The summed E-state index contributed by atoms with van der Waals surface area (Å²) in [6.07, 6.45) is 4.95. The normalized spacial score (nSPS) is 14.6. The van der Waals surface area contributed by atoms with Gasteiger partial charge in [0.25, 0.3) is 0 Å². The number of pyridine rings is 1. The first-order valence-electron chi connectivity index (χ1n) is 8.90. The SMILES string of the molecule is O=C(O)c1cc(C2CC2)cnc1Nc1ccc2c(c1)Cc1ccccc1-2. The van der Waals surface area contributed by atoms with Crippen molar-refractivity contribution in [3.05, 3.63) is 77.0 Å². The number of carboxylic acids is 1. The van der Waals surface area contributed by atoms with Crippen LogP contribution in [-0.4, -0.2) is 16.1 Å². The summed E-state index contributed by atoms with van der Waals surface area (Å²) in [6.45, 7) is 0. The van der Waals surface area contributed by atoms with E-state index in [1.807, 2.05) is 6.07 Å². The molecule has 0 unspecified atom stereocenters. The fourth-order valence-corrected chi connectivity index (χ4v) is 3.74. The standard InChI is InChI=1S/C22H18N2O2/c25-22(26)20-11-16(13-5-6-13)12-23-21(20)24-17-7-8-19-15(10-17)9-14-3-1-2-4-18(14)19/h1-4,7-8,10-13H,5-6,9H2,(H,23,24)(H,25,26). The highest BCUT2D eigenvalue weighted by Crippen LogP contribution is 2.41. The highest BCUT2D eigenvalue weighted by Gasteiger charge is 2.26. The van der Waals surface area contributed by atoms with E-state index in [4.69, 9.17) is 0 Å². The van der Waals surface area contributed by atoms with E-state index in [0.29, 0.717) is 11.7 Å². The zero-order chi connectivity index (χ0) is 17.7. The van der Waals surface area contributed by atoms with E-state index >= 15 is 0 Å². The van der Waals surface area contributed by atoms with Gasteiger partial charge in [-0.1, -0.05) is 30.3 Å². The molecular weight excluding hydrogens is 324 g/mol. The topological polar surface area (TPSA) is 62.2 Å². The molecule has 3 aromatic rings. The molecule has 26 heavy (non-hydrogen) atoms. The number of benzene rings is 2. The van der Waals surface area contributed by atoms with Gasteiger partial charge in [0.2, 0.25) is 0 Å². The second kappa shape index (κ2) is 5.70. The Balaban J connectivity index is 1.47. The van der Waals surface area contributed by atoms with E-state index < -0.39 is 5.97 Å². The Morgan fingerprint density at radius 2 is 1.85 bits per heavy atom. The minimum absolute atomic E-state index is 0.234. The zero-order valence-corrected chi connectivity index (χ0v) is 14.2. The van der Waals surface area contributed by atoms with Crippen molar-refractivity contribution < 1.29 is 9.90 Å². The van der Waals surface area contributed by atoms with E-state index in [1.165, 1.54) is 22.3 Å². The van der Waals surface area contributed by atoms with Crippen molar-refractivity contribution in [1.82, 2.24) is 4.98 Å². The number of fused-ring (bicyclic) bond motifs is 3. The average molecular weight is 342 g/mol. The van der Waals surface area contributed by atoms with Gasteiger partial charge in [-0.15, -0.1) is 0 Å². The Morgan fingerprint density at radius 3 is 2.65 bits per heavy atom. The van der Waals surface area contributed by atoms with Gasteiger partial charge in [-0.3, -0.25) is 0 Å². The molecule has 4 heteroatoms. The number of carboxylic acid groups (broad SMARTS) is 1. The molecule has 4 nitrogen and oxygen atoms in total. The van der Waals surface area contributed by atoms with E-state index in [-0.39, 0.29) is 5.56 Å². The van der Waals surface area contributed by atoms with Crippen molar-refractivity contribution in [2.24, 2.45) is 0 Å². The summed E-state index contributed by atoms with van der Waals surface area (Å²) in [5.41, 5.74) is 7.25. The fraction of sp³-hybridized carbons (Fsp3) is 0.182. The smallest absolute Gasteiger partial charge is 0.339 e. The summed E-state index contributed by atoms with van der Waals surface area (Å²) in [5.74, 6) is -0.0680. The van der Waals surface area contributed by atoms with Crippen molar-refractivity contribution in [3.8, 4) is 11.1 Å². The van der Waals surface area contributed by atoms with Crippen LogP contribution in [0, 0.1) is 0 Å². The molecular formula is C22H18N2O2. The minimum Gasteiger partial charge on any atom is -0.478 e. The lowest BCUT2D eigenvalue weighted by atomic mass is 10.1. The first-order valence-corrected chi connectivity index (χ1v) is 8.90. The van der Waals surface area contributed by atoms with Crippen LogP contribution < -0.4 is 5.32 Å². The molecule has 1 fully saturated rings. The number of aromatic nitrogens is 1. The van der Waals surface area contributed by atoms with E-state index in [1.54, 1.807) is 12.3 Å². The number of carbonyl (C=O) groups is 1. The lowest BCUT2D eigenvalue weighted by Gasteiger charge is -2.11. The summed E-state index contributed by atoms with van der Waals surface area (Å²) in [4.78, 5) is 16.1. The van der Waals surface area contributed by atoms with Crippen LogP contribution in [0.25, 0.3) is 11.1 Å². The monoisotopic (exact) mass is 342 g/mol. The Bertz CT molecular complexity index is 1040. The largest absolute Gasteiger partial charge is 0.478 e. The highest BCUT2D eigenvalue weighted by atomic mass is 16.4. The molecule has 1 saturated carbocycles. The van der Waals surface area contributed by atoms with Crippen molar-refractivity contribution in [3.63, 3.8) is 0 Å². The number of rotatable bonds is 4. The molecule has 0 atom stereocenters. The fourth-order valence-electron chi connectivity index (χ4n) is 3.74. The van der Waals surface area contributed by atoms with Gasteiger partial charge >= 0.3 is 5.97 Å². The highest BCUT2D eigenvalue weighted by molar-refractivity contribution is 5.94. The Morgan fingerprint density at radius 1 is 1.04 bits per heavy atom. The Kier molecular flexibility index (Phi) is 3.32. The summed E-state index contributed by atoms with van der Waals surface area (Å²) in [5, 5.41) is 12.8. The Labute approximate surface area is 151 Å². The number of hydrogen-bond acceptors (Lipinski definition) is 3. The van der Waals surface area contributed by atoms with Crippen LogP contribution in [0.2, 0.25) is 0 Å². The second-order valence-electron chi connectivity index (χ2n) is 7.08. The minimum atomic E-state index is -0.948. The molecule has 2 N–H and O–H groups in total. The lowest BCUT2D eigenvalue weighted by molar-refractivity contribution is 0.0697. The zero-order valence-electron chi connectivity index (χ0n) is 14.2. The van der Waals surface area contributed by atoms with Gasteiger partial charge in [-0.2, -0.15) is 0 Å². The van der Waals surface area contributed by atoms with Crippen molar-refractivity contribution in [2.45, 2.75) is 25.2 Å². The van der Waals surface area contributed by atoms with Crippen LogP contribution in [0.1, 0.15) is 45.8 Å². The van der Waals surface area contributed by atoms with Gasteiger partial charge < -0.3 is 10.4 Å². The van der Waals surface area contributed by atoms with E-state index in [0.717, 1.165) is 30.5 Å². The summed E-state index contributed by atoms with van der Waals surface area (Å²) >= 11 is 0. The third-order valence-corrected chi connectivity index (χ3v) is 5.24. The number of anilines is 2. The van der Waals surface area contributed by atoms with Gasteiger partial charge in [0.15, 0.2) is 0 Å². The van der Waals surface area contributed by atoms with Crippen LogP contribution in [0.3, 0.4) is 0 Å². The summed E-state index contributed by atoms with van der Waals surface area (Å²) in [7, 11) is 0. The molecule has 5 rings (SSSR count). The predicted octanol–water partition coefficient (Wildman–Crippen LogP) is 4.97. The third kappa shape index (κ3) is 2.54. The van der Waals surface area contributed by atoms with Crippen molar-refractivity contribution in [2.75, 3.05) is 5.32 Å². The van der Waals surface area contributed by atoms with Crippen LogP contribution in [0.15, 0.2) is 54.7 Å².